The Balaban J connectivity index is 1.77. The third-order valence-corrected chi connectivity index (χ3v) is 3.38. The van der Waals surface area contributed by atoms with Gasteiger partial charge in [0, 0.05) is 17.8 Å². The van der Waals surface area contributed by atoms with Gasteiger partial charge in [0.05, 0.1) is 6.04 Å². The van der Waals surface area contributed by atoms with Crippen LogP contribution in [0.15, 0.2) is 47.0 Å². The summed E-state index contributed by atoms with van der Waals surface area (Å²) in [7, 11) is 0. The van der Waals surface area contributed by atoms with Crippen LogP contribution >= 0.6 is 0 Å². The Morgan fingerprint density at radius 3 is 2.48 bits per heavy atom. The van der Waals surface area contributed by atoms with E-state index in [1.54, 1.807) is 0 Å². The van der Waals surface area contributed by atoms with Gasteiger partial charge in [-0.25, -0.2) is 4.98 Å². The molecule has 1 aromatic carbocycles. The van der Waals surface area contributed by atoms with Gasteiger partial charge in [0.1, 0.15) is 11.6 Å². The Morgan fingerprint density at radius 2 is 1.78 bits per heavy atom. The highest BCUT2D eigenvalue weighted by Crippen LogP contribution is 2.20. The second kappa shape index (κ2) is 6.48. The summed E-state index contributed by atoms with van der Waals surface area (Å²) >= 11 is 0. The van der Waals surface area contributed by atoms with E-state index in [0.29, 0.717) is 17.6 Å². The smallest absolute Gasteiger partial charge is 0.225 e. The van der Waals surface area contributed by atoms with Crippen molar-refractivity contribution < 1.29 is 4.52 Å². The molecule has 1 atom stereocenters. The van der Waals surface area contributed by atoms with E-state index in [0.717, 1.165) is 11.5 Å². The lowest BCUT2D eigenvalue weighted by molar-refractivity contribution is 0.400. The number of nitrogens with one attached hydrogen (secondary N) is 2. The SMILES string of the molecule is Cc1cc(Nc2cc(C)on2)nc(NC(C)c2ccccc2)n1. The van der Waals surface area contributed by atoms with Crippen molar-refractivity contribution in [3.05, 3.63) is 59.5 Å². The summed E-state index contributed by atoms with van der Waals surface area (Å²) in [6, 6.07) is 14.0. The fourth-order valence-electron chi connectivity index (χ4n) is 2.27. The van der Waals surface area contributed by atoms with Crippen LogP contribution in [0.2, 0.25) is 0 Å². The molecular weight excluding hydrogens is 290 g/mol. The molecule has 3 aromatic rings. The maximum absolute atomic E-state index is 5.05. The molecule has 6 heteroatoms. The van der Waals surface area contributed by atoms with Crippen molar-refractivity contribution >= 4 is 17.6 Å². The number of rotatable bonds is 5. The molecule has 2 aromatic heterocycles. The lowest BCUT2D eigenvalue weighted by Crippen LogP contribution is -2.10. The van der Waals surface area contributed by atoms with Crippen molar-refractivity contribution in [2.75, 3.05) is 10.6 Å². The molecule has 2 heterocycles. The van der Waals surface area contributed by atoms with Crippen LogP contribution in [0.25, 0.3) is 0 Å². The van der Waals surface area contributed by atoms with Gasteiger partial charge in [-0.3, -0.25) is 0 Å². The lowest BCUT2D eigenvalue weighted by Gasteiger charge is -2.15. The standard InChI is InChI=1S/C17H19N5O/c1-11-9-15(20-16-10-12(2)23-22-16)21-17(18-11)19-13(3)14-7-5-4-6-8-14/h4-10,13H,1-3H3,(H2,18,19,20,21,22). The molecule has 0 saturated carbocycles. The largest absolute Gasteiger partial charge is 0.360 e. The van der Waals surface area contributed by atoms with Crippen LogP contribution in [-0.4, -0.2) is 15.1 Å². The minimum absolute atomic E-state index is 0.111. The van der Waals surface area contributed by atoms with Crippen molar-refractivity contribution in [3.63, 3.8) is 0 Å². The van der Waals surface area contributed by atoms with Crippen LogP contribution < -0.4 is 10.6 Å². The van der Waals surface area contributed by atoms with Gasteiger partial charge >= 0.3 is 0 Å². The Morgan fingerprint density at radius 1 is 1.00 bits per heavy atom. The summed E-state index contributed by atoms with van der Waals surface area (Å²) < 4.78 is 5.05. The average Bonchev–Trinajstić information content (AvgIpc) is 2.92. The summed E-state index contributed by atoms with van der Waals surface area (Å²) in [6.45, 7) is 5.85. The maximum Gasteiger partial charge on any atom is 0.225 e. The predicted molar refractivity (Wildman–Crippen MR) is 89.8 cm³/mol. The van der Waals surface area contributed by atoms with E-state index in [1.807, 2.05) is 44.2 Å². The van der Waals surface area contributed by atoms with Crippen LogP contribution in [0.3, 0.4) is 0 Å². The zero-order valence-electron chi connectivity index (χ0n) is 13.4. The van der Waals surface area contributed by atoms with E-state index >= 15 is 0 Å². The zero-order valence-corrected chi connectivity index (χ0v) is 13.4. The first-order chi connectivity index (χ1) is 11.1. The van der Waals surface area contributed by atoms with Crippen molar-refractivity contribution in [1.82, 2.24) is 15.1 Å². The van der Waals surface area contributed by atoms with Gasteiger partial charge < -0.3 is 15.2 Å². The van der Waals surface area contributed by atoms with Gasteiger partial charge in [-0.1, -0.05) is 35.5 Å². The second-order valence-electron chi connectivity index (χ2n) is 5.44. The number of benzene rings is 1. The molecule has 0 spiro atoms. The van der Waals surface area contributed by atoms with Gasteiger partial charge in [-0.05, 0) is 26.3 Å². The molecule has 0 saturated heterocycles. The first-order valence-corrected chi connectivity index (χ1v) is 7.47. The third kappa shape index (κ3) is 3.85. The highest BCUT2D eigenvalue weighted by molar-refractivity contribution is 5.53. The van der Waals surface area contributed by atoms with Gasteiger partial charge in [0.2, 0.25) is 5.95 Å². The molecule has 0 amide bonds. The maximum atomic E-state index is 5.05. The molecule has 3 rings (SSSR count). The minimum Gasteiger partial charge on any atom is -0.360 e. The van der Waals surface area contributed by atoms with Gasteiger partial charge in [-0.15, -0.1) is 0 Å². The number of nitrogens with zero attached hydrogens (tertiary/aromatic N) is 3. The topological polar surface area (TPSA) is 75.9 Å². The van der Waals surface area contributed by atoms with Crippen LogP contribution in [-0.2, 0) is 0 Å². The van der Waals surface area contributed by atoms with Crippen LogP contribution in [0.5, 0.6) is 0 Å². The molecule has 23 heavy (non-hydrogen) atoms. The highest BCUT2D eigenvalue weighted by Gasteiger charge is 2.09. The first-order valence-electron chi connectivity index (χ1n) is 7.47. The van der Waals surface area contributed by atoms with E-state index in [2.05, 4.69) is 44.8 Å². The first kappa shape index (κ1) is 15.0. The van der Waals surface area contributed by atoms with Crippen LogP contribution in [0, 0.1) is 13.8 Å². The van der Waals surface area contributed by atoms with E-state index in [4.69, 9.17) is 4.52 Å². The fraction of sp³-hybridized carbons (Fsp3) is 0.235. The monoisotopic (exact) mass is 309 g/mol. The summed E-state index contributed by atoms with van der Waals surface area (Å²) in [4.78, 5) is 8.93. The molecule has 0 radical (unpaired) electrons. The van der Waals surface area contributed by atoms with Crippen molar-refractivity contribution in [2.45, 2.75) is 26.8 Å². The molecule has 1 unspecified atom stereocenters. The zero-order chi connectivity index (χ0) is 16.2. The quantitative estimate of drug-likeness (QED) is 0.742. The molecule has 0 fully saturated rings. The number of hydrogen-bond donors (Lipinski definition) is 2. The molecule has 6 nitrogen and oxygen atoms in total. The molecular formula is C17H19N5O. The minimum atomic E-state index is 0.111. The lowest BCUT2D eigenvalue weighted by atomic mass is 10.1. The van der Waals surface area contributed by atoms with Crippen molar-refractivity contribution in [1.29, 1.82) is 0 Å². The summed E-state index contributed by atoms with van der Waals surface area (Å²) in [6.07, 6.45) is 0. The normalized spacial score (nSPS) is 12.0. The average molecular weight is 309 g/mol. The Bertz CT molecular complexity index is 785. The Hall–Kier alpha value is -2.89. The van der Waals surface area contributed by atoms with Gasteiger partial charge in [-0.2, -0.15) is 4.98 Å². The molecule has 0 bridgehead atoms. The Kier molecular flexibility index (Phi) is 4.23. The summed E-state index contributed by atoms with van der Waals surface area (Å²) in [5.41, 5.74) is 2.05. The van der Waals surface area contributed by atoms with Crippen LogP contribution in [0.4, 0.5) is 17.6 Å². The Labute approximate surface area is 135 Å². The van der Waals surface area contributed by atoms with E-state index in [1.165, 1.54) is 5.56 Å². The number of anilines is 3. The fourth-order valence-corrected chi connectivity index (χ4v) is 2.27. The molecule has 0 aliphatic heterocycles. The van der Waals surface area contributed by atoms with Gasteiger partial charge in [0.25, 0.3) is 0 Å². The molecule has 2 N–H and O–H groups in total. The predicted octanol–water partition coefficient (Wildman–Crippen LogP) is 4.00. The number of hydrogen-bond acceptors (Lipinski definition) is 6. The third-order valence-electron chi connectivity index (χ3n) is 3.38. The van der Waals surface area contributed by atoms with E-state index in [9.17, 15) is 0 Å². The second-order valence-corrected chi connectivity index (χ2v) is 5.44. The van der Waals surface area contributed by atoms with Crippen LogP contribution in [0.1, 0.15) is 30.0 Å². The van der Waals surface area contributed by atoms with E-state index in [-0.39, 0.29) is 6.04 Å². The van der Waals surface area contributed by atoms with E-state index < -0.39 is 0 Å². The molecule has 0 aliphatic rings. The number of aryl methyl sites for hydroxylation is 2. The highest BCUT2D eigenvalue weighted by atomic mass is 16.5. The molecule has 118 valence electrons. The van der Waals surface area contributed by atoms with Crippen molar-refractivity contribution in [3.8, 4) is 0 Å². The number of aromatic nitrogens is 3. The molecule has 0 aliphatic carbocycles. The summed E-state index contributed by atoms with van der Waals surface area (Å²) in [5, 5.41) is 10.4. The van der Waals surface area contributed by atoms with Gasteiger partial charge in [0.15, 0.2) is 5.82 Å². The summed E-state index contributed by atoms with van der Waals surface area (Å²) in [5.74, 6) is 2.62. The van der Waals surface area contributed by atoms with Crippen molar-refractivity contribution in [2.24, 2.45) is 0 Å².